The number of imidazole rings is 1. The Morgan fingerprint density at radius 3 is 2.45 bits per heavy atom. The van der Waals surface area contributed by atoms with Gasteiger partial charge in [-0.15, -0.1) is 0 Å². The zero-order chi connectivity index (χ0) is 15.5. The van der Waals surface area contributed by atoms with Crippen molar-refractivity contribution in [2.24, 2.45) is 5.92 Å². The number of carbonyl (C=O) groups is 2. The monoisotopic (exact) mass is 299 g/mol. The van der Waals surface area contributed by atoms with Crippen LogP contribution in [-0.2, 0) is 4.79 Å². The highest BCUT2D eigenvalue weighted by atomic mass is 16.4. The Morgan fingerprint density at radius 1 is 1.14 bits per heavy atom. The summed E-state index contributed by atoms with van der Waals surface area (Å²) >= 11 is 0. The van der Waals surface area contributed by atoms with Gasteiger partial charge in [0.1, 0.15) is 5.69 Å². The van der Waals surface area contributed by atoms with Crippen LogP contribution in [0.5, 0.6) is 0 Å². The number of piperidine rings is 1. The lowest BCUT2D eigenvalue weighted by Crippen LogP contribution is -2.40. The molecule has 0 saturated carbocycles. The Balaban J connectivity index is 1.77. The molecule has 1 aliphatic rings. The van der Waals surface area contributed by atoms with Crippen molar-refractivity contribution in [3.05, 3.63) is 48.5 Å². The van der Waals surface area contributed by atoms with Gasteiger partial charge >= 0.3 is 5.97 Å². The lowest BCUT2D eigenvalue weighted by Gasteiger charge is -2.30. The second-order valence-electron chi connectivity index (χ2n) is 5.39. The second kappa shape index (κ2) is 6.01. The van der Waals surface area contributed by atoms with Crippen molar-refractivity contribution in [2.45, 2.75) is 12.8 Å². The molecule has 1 aromatic heterocycles. The zero-order valence-corrected chi connectivity index (χ0v) is 12.1. The molecule has 1 fully saturated rings. The average molecular weight is 299 g/mol. The van der Waals surface area contributed by atoms with Crippen LogP contribution in [0.15, 0.2) is 42.9 Å². The van der Waals surface area contributed by atoms with Gasteiger partial charge in [0.2, 0.25) is 0 Å². The van der Waals surface area contributed by atoms with Gasteiger partial charge in [-0.1, -0.05) is 18.2 Å². The first-order valence-electron chi connectivity index (χ1n) is 7.26. The molecule has 0 atom stereocenters. The molecule has 1 N–H and O–H groups in total. The number of carboxylic acid groups (broad SMARTS) is 1. The SMILES string of the molecule is O=C(O)C1CCN(C(=O)c2cncn2-c2ccccc2)CC1. The molecule has 2 aromatic rings. The number of likely N-dealkylation sites (tertiary alicyclic amines) is 1. The molecule has 1 amide bonds. The lowest BCUT2D eigenvalue weighted by atomic mass is 9.97. The number of aliphatic carboxylic acids is 1. The van der Waals surface area contributed by atoms with E-state index in [-0.39, 0.29) is 11.8 Å². The number of hydrogen-bond donors (Lipinski definition) is 1. The molecule has 0 spiro atoms. The van der Waals surface area contributed by atoms with Gasteiger partial charge in [0.25, 0.3) is 5.91 Å². The van der Waals surface area contributed by atoms with Crippen LogP contribution in [0, 0.1) is 5.92 Å². The third kappa shape index (κ3) is 2.72. The number of nitrogens with zero attached hydrogens (tertiary/aromatic N) is 3. The summed E-state index contributed by atoms with van der Waals surface area (Å²) < 4.78 is 1.76. The van der Waals surface area contributed by atoms with Crippen molar-refractivity contribution in [3.63, 3.8) is 0 Å². The summed E-state index contributed by atoms with van der Waals surface area (Å²) in [5, 5.41) is 9.02. The first kappa shape index (κ1) is 14.3. The van der Waals surface area contributed by atoms with Crippen molar-refractivity contribution in [2.75, 3.05) is 13.1 Å². The van der Waals surface area contributed by atoms with Crippen LogP contribution >= 0.6 is 0 Å². The van der Waals surface area contributed by atoms with Gasteiger partial charge < -0.3 is 10.0 Å². The Bertz CT molecular complexity index is 673. The van der Waals surface area contributed by atoms with E-state index in [1.54, 1.807) is 22.0 Å². The molecule has 0 bridgehead atoms. The minimum Gasteiger partial charge on any atom is -0.481 e. The molecule has 6 nitrogen and oxygen atoms in total. The molecule has 1 saturated heterocycles. The average Bonchev–Trinajstić information content (AvgIpc) is 3.04. The molecule has 114 valence electrons. The molecular formula is C16H17N3O3. The maximum absolute atomic E-state index is 12.6. The molecular weight excluding hydrogens is 282 g/mol. The number of hydrogen-bond acceptors (Lipinski definition) is 3. The van der Waals surface area contributed by atoms with Crippen LogP contribution in [-0.4, -0.2) is 44.5 Å². The summed E-state index contributed by atoms with van der Waals surface area (Å²) in [5.41, 5.74) is 1.38. The minimum atomic E-state index is -0.776. The normalized spacial score (nSPS) is 15.7. The largest absolute Gasteiger partial charge is 0.481 e. The van der Waals surface area contributed by atoms with Crippen LogP contribution in [0.25, 0.3) is 5.69 Å². The van der Waals surface area contributed by atoms with E-state index in [2.05, 4.69) is 4.98 Å². The standard InChI is InChI=1S/C16H17N3O3/c20-15(18-8-6-12(7-9-18)16(21)22)14-10-17-11-19(14)13-4-2-1-3-5-13/h1-5,10-12H,6-9H2,(H,21,22). The third-order valence-corrected chi connectivity index (χ3v) is 4.02. The topological polar surface area (TPSA) is 75.4 Å². The highest BCUT2D eigenvalue weighted by Crippen LogP contribution is 2.20. The number of rotatable bonds is 3. The first-order chi connectivity index (χ1) is 10.7. The molecule has 0 radical (unpaired) electrons. The van der Waals surface area contributed by atoms with E-state index in [9.17, 15) is 9.59 Å². The number of carboxylic acids is 1. The van der Waals surface area contributed by atoms with Crippen molar-refractivity contribution in [1.29, 1.82) is 0 Å². The van der Waals surface area contributed by atoms with E-state index >= 15 is 0 Å². The van der Waals surface area contributed by atoms with Gasteiger partial charge in [0.05, 0.1) is 18.4 Å². The fourth-order valence-electron chi connectivity index (χ4n) is 2.74. The summed E-state index contributed by atoms with van der Waals surface area (Å²) in [7, 11) is 0. The molecule has 1 aromatic carbocycles. The van der Waals surface area contributed by atoms with Gasteiger partial charge in [-0.3, -0.25) is 14.2 Å². The van der Waals surface area contributed by atoms with Gasteiger partial charge in [0.15, 0.2) is 0 Å². The van der Waals surface area contributed by atoms with Gasteiger partial charge in [-0.05, 0) is 25.0 Å². The van der Waals surface area contributed by atoms with Crippen molar-refractivity contribution >= 4 is 11.9 Å². The predicted molar refractivity (Wildman–Crippen MR) is 79.8 cm³/mol. The van der Waals surface area contributed by atoms with Crippen molar-refractivity contribution in [3.8, 4) is 5.69 Å². The summed E-state index contributed by atoms with van der Waals surface area (Å²) in [6.45, 7) is 0.936. The van der Waals surface area contributed by atoms with E-state index in [1.165, 1.54) is 0 Å². The highest BCUT2D eigenvalue weighted by molar-refractivity contribution is 5.93. The predicted octanol–water partition coefficient (Wildman–Crippen LogP) is 1.81. The summed E-state index contributed by atoms with van der Waals surface area (Å²) in [6.07, 6.45) is 4.17. The third-order valence-electron chi connectivity index (χ3n) is 4.02. The van der Waals surface area contributed by atoms with Crippen LogP contribution in [0.2, 0.25) is 0 Å². The second-order valence-corrected chi connectivity index (χ2v) is 5.39. The molecule has 6 heteroatoms. The van der Waals surface area contributed by atoms with Gasteiger partial charge in [-0.2, -0.15) is 0 Å². The fourth-order valence-corrected chi connectivity index (χ4v) is 2.74. The van der Waals surface area contributed by atoms with Crippen LogP contribution in [0.4, 0.5) is 0 Å². The number of amides is 1. The summed E-state index contributed by atoms with van der Waals surface area (Å²) in [6, 6.07) is 9.55. The smallest absolute Gasteiger partial charge is 0.306 e. The molecule has 2 heterocycles. The Hall–Kier alpha value is -2.63. The molecule has 0 aliphatic carbocycles. The van der Waals surface area contributed by atoms with E-state index < -0.39 is 5.97 Å². The Labute approximate surface area is 128 Å². The fraction of sp³-hybridized carbons (Fsp3) is 0.312. The Morgan fingerprint density at radius 2 is 1.82 bits per heavy atom. The highest BCUT2D eigenvalue weighted by Gasteiger charge is 2.28. The summed E-state index contributed by atoms with van der Waals surface area (Å²) in [4.78, 5) is 29.4. The van der Waals surface area contributed by atoms with E-state index in [0.29, 0.717) is 31.6 Å². The van der Waals surface area contributed by atoms with Gasteiger partial charge in [-0.25, -0.2) is 4.98 Å². The number of carbonyl (C=O) groups excluding carboxylic acids is 1. The molecule has 0 unspecified atom stereocenters. The van der Waals surface area contributed by atoms with E-state index in [0.717, 1.165) is 5.69 Å². The lowest BCUT2D eigenvalue weighted by molar-refractivity contribution is -0.143. The molecule has 1 aliphatic heterocycles. The zero-order valence-electron chi connectivity index (χ0n) is 12.1. The minimum absolute atomic E-state index is 0.106. The Kier molecular flexibility index (Phi) is 3.91. The number of aromatic nitrogens is 2. The van der Waals surface area contributed by atoms with E-state index in [4.69, 9.17) is 5.11 Å². The maximum atomic E-state index is 12.6. The maximum Gasteiger partial charge on any atom is 0.306 e. The van der Waals surface area contributed by atoms with Crippen LogP contribution in [0.3, 0.4) is 0 Å². The molecule has 22 heavy (non-hydrogen) atoms. The number of benzene rings is 1. The van der Waals surface area contributed by atoms with Crippen molar-refractivity contribution in [1.82, 2.24) is 14.5 Å². The molecule has 3 rings (SSSR count). The summed E-state index contributed by atoms with van der Waals surface area (Å²) in [5.74, 6) is -1.23. The quantitative estimate of drug-likeness (QED) is 0.938. The van der Waals surface area contributed by atoms with Crippen LogP contribution in [0.1, 0.15) is 23.3 Å². The van der Waals surface area contributed by atoms with Crippen molar-refractivity contribution < 1.29 is 14.7 Å². The first-order valence-corrected chi connectivity index (χ1v) is 7.26. The van der Waals surface area contributed by atoms with E-state index in [1.807, 2.05) is 30.3 Å². The number of para-hydroxylation sites is 1. The van der Waals surface area contributed by atoms with Crippen LogP contribution < -0.4 is 0 Å². The van der Waals surface area contributed by atoms with Gasteiger partial charge in [0, 0.05) is 18.8 Å².